The van der Waals surface area contributed by atoms with E-state index < -0.39 is 0 Å². The summed E-state index contributed by atoms with van der Waals surface area (Å²) in [5.74, 6) is -0.108. The normalized spacial score (nSPS) is 12.2. The van der Waals surface area contributed by atoms with Crippen LogP contribution < -0.4 is 11.1 Å². The van der Waals surface area contributed by atoms with Crippen molar-refractivity contribution < 1.29 is 4.79 Å². The smallest absolute Gasteiger partial charge is 0.251 e. The van der Waals surface area contributed by atoms with Crippen molar-refractivity contribution in [1.82, 2.24) is 5.32 Å². The van der Waals surface area contributed by atoms with E-state index in [1.807, 2.05) is 6.92 Å². The third kappa shape index (κ3) is 3.42. The molecule has 0 fully saturated rings. The van der Waals surface area contributed by atoms with E-state index in [2.05, 4.69) is 12.2 Å². The summed E-state index contributed by atoms with van der Waals surface area (Å²) in [7, 11) is 0. The second-order valence-corrected chi connectivity index (χ2v) is 4.31. The minimum Gasteiger partial charge on any atom is -0.398 e. The largest absolute Gasteiger partial charge is 0.398 e. The Morgan fingerprint density at radius 1 is 1.56 bits per heavy atom. The highest BCUT2D eigenvalue weighted by Crippen LogP contribution is 2.19. The fourth-order valence-electron chi connectivity index (χ4n) is 1.48. The SMILES string of the molecule is CCCC(C)NC(=O)c1ccc(N)c(Cl)c1. The standard InChI is InChI=1S/C12H17ClN2O/c1-3-4-8(2)15-12(16)9-5-6-11(14)10(13)7-9/h5-8H,3-4,14H2,1-2H3,(H,15,16). The summed E-state index contributed by atoms with van der Waals surface area (Å²) in [5, 5.41) is 3.32. The highest BCUT2D eigenvalue weighted by atomic mass is 35.5. The van der Waals surface area contributed by atoms with Crippen molar-refractivity contribution in [3.8, 4) is 0 Å². The van der Waals surface area contributed by atoms with Gasteiger partial charge in [0.15, 0.2) is 0 Å². The lowest BCUT2D eigenvalue weighted by Gasteiger charge is -2.13. The zero-order valence-electron chi connectivity index (χ0n) is 9.59. The van der Waals surface area contributed by atoms with E-state index >= 15 is 0 Å². The first-order valence-electron chi connectivity index (χ1n) is 5.40. The molecule has 1 unspecified atom stereocenters. The maximum absolute atomic E-state index is 11.8. The molecule has 0 heterocycles. The number of amides is 1. The first-order chi connectivity index (χ1) is 7.54. The van der Waals surface area contributed by atoms with Crippen LogP contribution in [0.3, 0.4) is 0 Å². The lowest BCUT2D eigenvalue weighted by molar-refractivity contribution is 0.0938. The molecule has 0 bridgehead atoms. The van der Waals surface area contributed by atoms with E-state index in [1.54, 1.807) is 18.2 Å². The molecule has 88 valence electrons. The fourth-order valence-corrected chi connectivity index (χ4v) is 1.66. The maximum atomic E-state index is 11.8. The minimum absolute atomic E-state index is 0.108. The summed E-state index contributed by atoms with van der Waals surface area (Å²) < 4.78 is 0. The number of benzene rings is 1. The Morgan fingerprint density at radius 2 is 2.25 bits per heavy atom. The van der Waals surface area contributed by atoms with Crippen LogP contribution in [0.4, 0.5) is 5.69 Å². The van der Waals surface area contributed by atoms with Crippen LogP contribution in [0.25, 0.3) is 0 Å². The number of hydrogen-bond donors (Lipinski definition) is 2. The van der Waals surface area contributed by atoms with Gasteiger partial charge in [-0.2, -0.15) is 0 Å². The molecule has 0 aliphatic heterocycles. The monoisotopic (exact) mass is 240 g/mol. The van der Waals surface area contributed by atoms with Crippen molar-refractivity contribution in [3.05, 3.63) is 28.8 Å². The van der Waals surface area contributed by atoms with E-state index in [0.717, 1.165) is 12.8 Å². The number of anilines is 1. The summed E-state index contributed by atoms with van der Waals surface area (Å²) in [5.41, 5.74) is 6.60. The molecule has 16 heavy (non-hydrogen) atoms. The van der Waals surface area contributed by atoms with Crippen LogP contribution in [-0.2, 0) is 0 Å². The Balaban J connectivity index is 2.69. The molecule has 3 nitrogen and oxygen atoms in total. The quantitative estimate of drug-likeness (QED) is 0.796. The lowest BCUT2D eigenvalue weighted by atomic mass is 10.1. The van der Waals surface area contributed by atoms with E-state index in [1.165, 1.54) is 0 Å². The van der Waals surface area contributed by atoms with Crippen molar-refractivity contribution in [2.24, 2.45) is 0 Å². The van der Waals surface area contributed by atoms with Crippen molar-refractivity contribution in [2.45, 2.75) is 32.7 Å². The van der Waals surface area contributed by atoms with Crippen LogP contribution in [0.2, 0.25) is 5.02 Å². The van der Waals surface area contributed by atoms with Crippen molar-refractivity contribution in [1.29, 1.82) is 0 Å². The number of nitrogens with one attached hydrogen (secondary N) is 1. The summed E-state index contributed by atoms with van der Waals surface area (Å²) >= 11 is 5.85. The summed E-state index contributed by atoms with van der Waals surface area (Å²) in [6.07, 6.45) is 2.01. The van der Waals surface area contributed by atoms with Gasteiger partial charge in [-0.05, 0) is 31.5 Å². The van der Waals surface area contributed by atoms with Gasteiger partial charge < -0.3 is 11.1 Å². The van der Waals surface area contributed by atoms with Gasteiger partial charge in [-0.25, -0.2) is 0 Å². The molecule has 3 N–H and O–H groups in total. The van der Waals surface area contributed by atoms with Crippen LogP contribution in [-0.4, -0.2) is 11.9 Å². The number of hydrogen-bond acceptors (Lipinski definition) is 2. The van der Waals surface area contributed by atoms with Gasteiger partial charge in [0.1, 0.15) is 0 Å². The zero-order valence-corrected chi connectivity index (χ0v) is 10.3. The molecule has 4 heteroatoms. The van der Waals surface area contributed by atoms with Gasteiger partial charge in [-0.1, -0.05) is 24.9 Å². The van der Waals surface area contributed by atoms with Gasteiger partial charge in [0, 0.05) is 11.6 Å². The van der Waals surface area contributed by atoms with Crippen LogP contribution >= 0.6 is 11.6 Å². The number of carbonyl (C=O) groups is 1. The second-order valence-electron chi connectivity index (χ2n) is 3.90. The highest BCUT2D eigenvalue weighted by Gasteiger charge is 2.10. The van der Waals surface area contributed by atoms with Gasteiger partial charge in [0.2, 0.25) is 0 Å². The number of carbonyl (C=O) groups excluding carboxylic acids is 1. The van der Waals surface area contributed by atoms with E-state index in [-0.39, 0.29) is 11.9 Å². The van der Waals surface area contributed by atoms with E-state index in [9.17, 15) is 4.79 Å². The molecule has 0 aromatic heterocycles. The van der Waals surface area contributed by atoms with Gasteiger partial charge >= 0.3 is 0 Å². The van der Waals surface area contributed by atoms with E-state index in [0.29, 0.717) is 16.3 Å². The molecular weight excluding hydrogens is 224 g/mol. The van der Waals surface area contributed by atoms with Crippen LogP contribution in [0, 0.1) is 0 Å². The Hall–Kier alpha value is -1.22. The molecule has 0 radical (unpaired) electrons. The van der Waals surface area contributed by atoms with E-state index in [4.69, 9.17) is 17.3 Å². The first-order valence-corrected chi connectivity index (χ1v) is 5.78. The molecule has 1 rings (SSSR count). The Bertz CT molecular complexity index is 379. The minimum atomic E-state index is -0.108. The number of halogens is 1. The number of rotatable bonds is 4. The Morgan fingerprint density at radius 3 is 2.81 bits per heavy atom. The van der Waals surface area contributed by atoms with Gasteiger partial charge in [-0.3, -0.25) is 4.79 Å². The molecule has 0 aliphatic rings. The van der Waals surface area contributed by atoms with Crippen LogP contribution in [0.15, 0.2) is 18.2 Å². The lowest BCUT2D eigenvalue weighted by Crippen LogP contribution is -2.32. The van der Waals surface area contributed by atoms with Crippen molar-refractivity contribution in [2.75, 3.05) is 5.73 Å². The van der Waals surface area contributed by atoms with Crippen LogP contribution in [0.5, 0.6) is 0 Å². The molecule has 0 spiro atoms. The predicted octanol–water partition coefficient (Wildman–Crippen LogP) is 2.84. The van der Waals surface area contributed by atoms with Gasteiger partial charge in [0.25, 0.3) is 5.91 Å². The summed E-state index contributed by atoms with van der Waals surface area (Å²) in [6, 6.07) is 5.08. The van der Waals surface area contributed by atoms with Crippen LogP contribution in [0.1, 0.15) is 37.0 Å². The molecule has 1 aromatic carbocycles. The first kappa shape index (κ1) is 12.8. The summed E-state index contributed by atoms with van der Waals surface area (Å²) in [6.45, 7) is 4.07. The molecule has 1 amide bonds. The molecule has 1 atom stereocenters. The third-order valence-corrected chi connectivity index (χ3v) is 2.69. The predicted molar refractivity (Wildman–Crippen MR) is 67.7 cm³/mol. The molecule has 0 aliphatic carbocycles. The molecular formula is C12H17ClN2O. The topological polar surface area (TPSA) is 55.1 Å². The van der Waals surface area contributed by atoms with Gasteiger partial charge in [-0.15, -0.1) is 0 Å². The molecule has 0 saturated heterocycles. The Labute approximate surface area is 101 Å². The summed E-state index contributed by atoms with van der Waals surface area (Å²) in [4.78, 5) is 11.8. The number of nitrogen functional groups attached to an aromatic ring is 1. The van der Waals surface area contributed by atoms with Crippen molar-refractivity contribution in [3.63, 3.8) is 0 Å². The van der Waals surface area contributed by atoms with Crippen molar-refractivity contribution >= 4 is 23.2 Å². The highest BCUT2D eigenvalue weighted by molar-refractivity contribution is 6.33. The third-order valence-electron chi connectivity index (χ3n) is 2.36. The Kier molecular flexibility index (Phi) is 4.62. The maximum Gasteiger partial charge on any atom is 0.251 e. The average molecular weight is 241 g/mol. The van der Waals surface area contributed by atoms with Gasteiger partial charge in [0.05, 0.1) is 10.7 Å². The average Bonchev–Trinajstić information content (AvgIpc) is 2.22. The second kappa shape index (κ2) is 5.75. The number of nitrogens with two attached hydrogens (primary N) is 1. The fraction of sp³-hybridized carbons (Fsp3) is 0.417. The molecule has 0 saturated carbocycles. The molecule has 1 aromatic rings. The zero-order chi connectivity index (χ0) is 12.1.